The fraction of sp³-hybridized carbons (Fsp3) is 0.750. The van der Waals surface area contributed by atoms with Crippen LogP contribution >= 0.6 is 34.5 Å². The molecule has 0 aromatic carbocycles. The molecule has 0 saturated heterocycles. The Hall–Kier alpha value is 0.650. The van der Waals surface area contributed by atoms with Crippen molar-refractivity contribution in [3.05, 3.63) is 0 Å². The Bertz CT molecular complexity index is 104. The van der Waals surface area contributed by atoms with Crippen molar-refractivity contribution < 1.29 is 4.79 Å². The van der Waals surface area contributed by atoms with E-state index in [1.807, 2.05) is 22.9 Å². The zero-order valence-corrected chi connectivity index (χ0v) is 7.58. The first kappa shape index (κ1) is 8.65. The molecule has 0 aliphatic heterocycles. The number of rotatable bonds is 2. The monoisotopic (exact) mass is 247 g/mol. The molecule has 0 saturated carbocycles. The van der Waals surface area contributed by atoms with Gasteiger partial charge in [0.2, 0.25) is 5.24 Å². The van der Waals surface area contributed by atoms with Crippen LogP contribution in [0.1, 0.15) is 13.8 Å². The summed E-state index contributed by atoms with van der Waals surface area (Å²) < 4.78 is 2.73. The SMILES string of the molecule is CC(C)(NI)C(=O)Cl. The predicted molar refractivity (Wildman–Crippen MR) is 42.1 cm³/mol. The van der Waals surface area contributed by atoms with Gasteiger partial charge in [0.1, 0.15) is 0 Å². The van der Waals surface area contributed by atoms with Gasteiger partial charge < -0.3 is 0 Å². The lowest BCUT2D eigenvalue weighted by atomic mass is 10.1. The molecule has 2 nitrogen and oxygen atoms in total. The molecule has 0 aliphatic carbocycles. The smallest absolute Gasteiger partial charge is 0.241 e. The van der Waals surface area contributed by atoms with E-state index in [-0.39, 0.29) is 5.24 Å². The Morgan fingerprint density at radius 2 is 2.12 bits per heavy atom. The number of carbonyl (C=O) groups excluding carboxylic acids is 1. The van der Waals surface area contributed by atoms with Crippen molar-refractivity contribution in [1.82, 2.24) is 3.53 Å². The van der Waals surface area contributed by atoms with Crippen LogP contribution in [0.25, 0.3) is 0 Å². The molecule has 8 heavy (non-hydrogen) atoms. The summed E-state index contributed by atoms with van der Waals surface area (Å²) in [4.78, 5) is 10.4. The van der Waals surface area contributed by atoms with Gasteiger partial charge >= 0.3 is 0 Å². The molecule has 0 heterocycles. The van der Waals surface area contributed by atoms with Gasteiger partial charge in [0.25, 0.3) is 0 Å². The minimum atomic E-state index is -0.595. The van der Waals surface area contributed by atoms with E-state index in [0.717, 1.165) is 0 Å². The minimum absolute atomic E-state index is 0.369. The normalized spacial score (nSPS) is 11.5. The molecule has 0 spiro atoms. The van der Waals surface area contributed by atoms with Gasteiger partial charge in [-0.05, 0) is 25.4 Å². The molecule has 0 aromatic rings. The first-order valence-electron chi connectivity index (χ1n) is 2.08. The minimum Gasteiger partial charge on any atom is -0.279 e. The summed E-state index contributed by atoms with van der Waals surface area (Å²) in [5, 5.41) is -0.369. The highest BCUT2D eigenvalue weighted by Crippen LogP contribution is 2.07. The zero-order valence-electron chi connectivity index (χ0n) is 4.66. The summed E-state index contributed by atoms with van der Waals surface area (Å²) in [6, 6.07) is 0. The summed E-state index contributed by atoms with van der Waals surface area (Å²) in [5.74, 6) is 0. The van der Waals surface area contributed by atoms with E-state index in [1.165, 1.54) is 0 Å². The van der Waals surface area contributed by atoms with Crippen molar-refractivity contribution in [2.75, 3.05) is 0 Å². The highest BCUT2D eigenvalue weighted by atomic mass is 127. The molecule has 0 bridgehead atoms. The lowest BCUT2D eigenvalue weighted by Crippen LogP contribution is -2.38. The van der Waals surface area contributed by atoms with E-state index < -0.39 is 5.54 Å². The Kier molecular flexibility index (Phi) is 3.23. The molecule has 0 aromatic heterocycles. The van der Waals surface area contributed by atoms with E-state index in [9.17, 15) is 4.79 Å². The maximum atomic E-state index is 10.4. The molecule has 4 heteroatoms. The standard InChI is InChI=1S/C4H7ClINO/c1-4(2,7-6)3(5)8/h7H,1-2H3. The van der Waals surface area contributed by atoms with Crippen LogP contribution in [-0.4, -0.2) is 10.8 Å². The molecule has 0 aliphatic rings. The second kappa shape index (κ2) is 2.98. The van der Waals surface area contributed by atoms with E-state index in [1.54, 1.807) is 13.8 Å². The van der Waals surface area contributed by atoms with E-state index >= 15 is 0 Å². The van der Waals surface area contributed by atoms with Crippen LogP contribution in [0, 0.1) is 0 Å². The Balaban J connectivity index is 3.91. The van der Waals surface area contributed by atoms with Gasteiger partial charge in [0.05, 0.1) is 5.54 Å². The van der Waals surface area contributed by atoms with Crippen molar-refractivity contribution in [1.29, 1.82) is 0 Å². The van der Waals surface area contributed by atoms with Crippen LogP contribution in [0.3, 0.4) is 0 Å². The van der Waals surface area contributed by atoms with Crippen molar-refractivity contribution >= 4 is 39.7 Å². The van der Waals surface area contributed by atoms with E-state index in [4.69, 9.17) is 11.6 Å². The molecule has 0 amide bonds. The predicted octanol–water partition coefficient (Wildman–Crippen LogP) is 1.47. The van der Waals surface area contributed by atoms with Gasteiger partial charge in [-0.15, -0.1) is 0 Å². The topological polar surface area (TPSA) is 29.1 Å². The van der Waals surface area contributed by atoms with Crippen molar-refractivity contribution in [3.63, 3.8) is 0 Å². The summed E-state index contributed by atoms with van der Waals surface area (Å²) >= 11 is 7.05. The highest BCUT2D eigenvalue weighted by Gasteiger charge is 2.23. The van der Waals surface area contributed by atoms with Gasteiger partial charge in [-0.25, -0.2) is 3.53 Å². The Labute approximate surface area is 67.5 Å². The van der Waals surface area contributed by atoms with Crippen LogP contribution in [0.5, 0.6) is 0 Å². The van der Waals surface area contributed by atoms with Crippen LogP contribution in [0.4, 0.5) is 0 Å². The number of halogens is 2. The van der Waals surface area contributed by atoms with Gasteiger partial charge in [-0.1, -0.05) is 0 Å². The maximum Gasteiger partial charge on any atom is 0.241 e. The average molecular weight is 247 g/mol. The van der Waals surface area contributed by atoms with E-state index in [2.05, 4.69) is 3.53 Å². The van der Waals surface area contributed by atoms with Crippen molar-refractivity contribution in [3.8, 4) is 0 Å². The van der Waals surface area contributed by atoms with E-state index in [0.29, 0.717) is 0 Å². The third kappa shape index (κ3) is 2.28. The zero-order chi connectivity index (χ0) is 6.78. The Morgan fingerprint density at radius 1 is 1.75 bits per heavy atom. The molecule has 0 rings (SSSR count). The van der Waals surface area contributed by atoms with Crippen LogP contribution in [-0.2, 0) is 4.79 Å². The number of nitrogens with one attached hydrogen (secondary N) is 1. The molecule has 0 radical (unpaired) electrons. The van der Waals surface area contributed by atoms with Crippen LogP contribution in [0.15, 0.2) is 0 Å². The first-order valence-corrected chi connectivity index (χ1v) is 3.54. The lowest BCUT2D eigenvalue weighted by molar-refractivity contribution is -0.115. The van der Waals surface area contributed by atoms with Crippen LogP contribution < -0.4 is 3.53 Å². The summed E-state index contributed by atoms with van der Waals surface area (Å²) in [6.45, 7) is 3.43. The molecule has 0 fully saturated rings. The Morgan fingerprint density at radius 3 is 2.12 bits per heavy atom. The molecular formula is C4H7ClINO. The lowest BCUT2D eigenvalue weighted by Gasteiger charge is -2.15. The van der Waals surface area contributed by atoms with Crippen molar-refractivity contribution in [2.45, 2.75) is 19.4 Å². The van der Waals surface area contributed by atoms with Gasteiger partial charge in [-0.3, -0.25) is 4.79 Å². The number of hydrogen-bond donors (Lipinski definition) is 1. The van der Waals surface area contributed by atoms with Gasteiger partial charge in [0, 0.05) is 22.9 Å². The second-order valence-electron chi connectivity index (χ2n) is 1.99. The first-order chi connectivity index (χ1) is 3.50. The summed E-state index contributed by atoms with van der Waals surface area (Å²) in [5.41, 5.74) is -0.595. The van der Waals surface area contributed by atoms with Crippen molar-refractivity contribution in [2.24, 2.45) is 0 Å². The molecule has 48 valence electrons. The quantitative estimate of drug-likeness (QED) is 0.455. The fourth-order valence-electron chi connectivity index (χ4n) is 0.0371. The summed E-state index contributed by atoms with van der Waals surface area (Å²) in [7, 11) is 0. The molecule has 0 unspecified atom stereocenters. The van der Waals surface area contributed by atoms with Gasteiger partial charge in [-0.2, -0.15) is 0 Å². The van der Waals surface area contributed by atoms with Gasteiger partial charge in [0.15, 0.2) is 0 Å². The number of hydrogen-bond acceptors (Lipinski definition) is 2. The maximum absolute atomic E-state index is 10.4. The average Bonchev–Trinajstić information content (AvgIpc) is 1.67. The second-order valence-corrected chi connectivity index (χ2v) is 2.88. The summed E-state index contributed by atoms with van der Waals surface area (Å²) in [6.07, 6.45) is 0. The molecule has 0 atom stereocenters. The number of carbonyl (C=O) groups is 1. The fourth-order valence-corrected chi connectivity index (χ4v) is 0.489. The molecular weight excluding hydrogens is 240 g/mol. The molecule has 1 N–H and O–H groups in total. The third-order valence-corrected chi connectivity index (χ3v) is 2.55. The largest absolute Gasteiger partial charge is 0.279 e. The third-order valence-electron chi connectivity index (χ3n) is 0.728. The highest BCUT2D eigenvalue weighted by molar-refractivity contribution is 14.1. The van der Waals surface area contributed by atoms with Crippen LogP contribution in [0.2, 0.25) is 0 Å².